The number of hydrogen-bond acceptors (Lipinski definition) is 3. The van der Waals surface area contributed by atoms with Crippen LogP contribution in [0, 0.1) is 23.8 Å². The van der Waals surface area contributed by atoms with Gasteiger partial charge in [-0.2, -0.15) is 0 Å². The number of benzene rings is 2. The van der Waals surface area contributed by atoms with Crippen molar-refractivity contribution in [3.8, 4) is 11.3 Å². The van der Waals surface area contributed by atoms with Crippen molar-refractivity contribution in [2.75, 3.05) is 0 Å². The first-order valence-electron chi connectivity index (χ1n) is 18.4. The third-order valence-electron chi connectivity index (χ3n) is 11.0. The Balaban J connectivity index is 0.000000230. The predicted molar refractivity (Wildman–Crippen MR) is 189 cm³/mol. The van der Waals surface area contributed by atoms with Gasteiger partial charge in [-0.25, -0.2) is 0 Å². The number of aromatic nitrogens is 1. The second kappa shape index (κ2) is 18.3. The third-order valence-corrected chi connectivity index (χ3v) is 11.0. The molecule has 46 heavy (non-hydrogen) atoms. The Morgan fingerprint density at radius 1 is 0.848 bits per heavy atom. The third kappa shape index (κ3) is 9.63. The molecule has 0 saturated heterocycles. The van der Waals surface area contributed by atoms with Gasteiger partial charge >= 0.3 is 0 Å². The number of carbonyl (C=O) groups is 1. The van der Waals surface area contributed by atoms with Crippen LogP contribution in [0.25, 0.3) is 22.2 Å². The standard InChI is InChI=1S/C27H32N.C15H24O2.Ir/c1-4-20-16-21(5-2)18-23(17-20)26-15-14-25-24(12-9-13-27(25)28-26)19(3)22-10-7-6-8-11-22;16-14(12-7-3-1-4-8-12)11-15(17)13-9-5-2-6-10-13;/h9,12-17,19,22H,4-8,10-11H2,1-3H3;11-13,16H,1-10H2;/q-1;;/b;14-11-;. The van der Waals surface area contributed by atoms with Crippen molar-refractivity contribution in [3.05, 3.63) is 77.1 Å². The summed E-state index contributed by atoms with van der Waals surface area (Å²) in [5.74, 6) is 2.41. The summed E-state index contributed by atoms with van der Waals surface area (Å²) < 4.78 is 0. The monoisotopic (exact) mass is 799 g/mol. The van der Waals surface area contributed by atoms with E-state index in [1.54, 1.807) is 6.08 Å². The van der Waals surface area contributed by atoms with Crippen LogP contribution in [0.15, 0.2) is 54.3 Å². The van der Waals surface area contributed by atoms with Gasteiger partial charge in [0.05, 0.1) is 11.3 Å². The molecule has 2 aromatic carbocycles. The van der Waals surface area contributed by atoms with Crippen LogP contribution in [-0.4, -0.2) is 15.9 Å². The summed E-state index contributed by atoms with van der Waals surface area (Å²) in [7, 11) is 0. The average molecular weight is 799 g/mol. The summed E-state index contributed by atoms with van der Waals surface area (Å²) >= 11 is 0. The second-order valence-corrected chi connectivity index (χ2v) is 14.1. The molecule has 1 aromatic heterocycles. The topological polar surface area (TPSA) is 50.2 Å². The molecule has 1 unspecified atom stereocenters. The summed E-state index contributed by atoms with van der Waals surface area (Å²) in [5.41, 5.74) is 7.40. The number of rotatable bonds is 8. The maximum atomic E-state index is 12.0. The van der Waals surface area contributed by atoms with Gasteiger partial charge in [-0.3, -0.25) is 9.78 Å². The Labute approximate surface area is 292 Å². The summed E-state index contributed by atoms with van der Waals surface area (Å²) in [5, 5.41) is 11.3. The molecule has 1 radical (unpaired) electrons. The van der Waals surface area contributed by atoms with Gasteiger partial charge in [0, 0.05) is 43.4 Å². The molecule has 0 amide bonds. The fraction of sp³-hybridized carbons (Fsp3) is 0.571. The molecular weight excluding hydrogens is 743 g/mol. The van der Waals surface area contributed by atoms with E-state index < -0.39 is 0 Å². The van der Waals surface area contributed by atoms with E-state index in [2.05, 4.69) is 69.3 Å². The zero-order chi connectivity index (χ0) is 31.6. The van der Waals surface area contributed by atoms with E-state index in [9.17, 15) is 9.90 Å². The molecule has 1 heterocycles. The minimum Gasteiger partial charge on any atom is -0.512 e. The van der Waals surface area contributed by atoms with Crippen LogP contribution < -0.4 is 0 Å². The maximum Gasteiger partial charge on any atom is 0.162 e. The van der Waals surface area contributed by atoms with Crippen molar-refractivity contribution in [1.29, 1.82) is 0 Å². The van der Waals surface area contributed by atoms with Crippen LogP contribution in [0.5, 0.6) is 0 Å². The number of fused-ring (bicyclic) bond motifs is 1. The van der Waals surface area contributed by atoms with E-state index in [1.807, 2.05) is 0 Å². The Morgan fingerprint density at radius 2 is 1.48 bits per heavy atom. The van der Waals surface area contributed by atoms with E-state index in [4.69, 9.17) is 4.98 Å². The Kier molecular flexibility index (Phi) is 14.5. The largest absolute Gasteiger partial charge is 0.512 e. The molecule has 1 atom stereocenters. The van der Waals surface area contributed by atoms with Crippen LogP contribution in [0.4, 0.5) is 0 Å². The van der Waals surface area contributed by atoms with Crippen molar-refractivity contribution in [2.24, 2.45) is 17.8 Å². The fourth-order valence-electron chi connectivity index (χ4n) is 8.01. The van der Waals surface area contributed by atoms with Gasteiger partial charge in [-0.1, -0.05) is 103 Å². The van der Waals surface area contributed by atoms with Crippen LogP contribution in [0.3, 0.4) is 0 Å². The number of aliphatic hydroxyl groups excluding tert-OH is 1. The summed E-state index contributed by atoms with van der Waals surface area (Å²) in [6.07, 6.45) is 22.0. The molecule has 3 nitrogen and oxygen atoms in total. The number of aliphatic hydroxyl groups is 1. The molecule has 0 aliphatic heterocycles. The summed E-state index contributed by atoms with van der Waals surface area (Å²) in [6, 6.07) is 19.3. The zero-order valence-electron chi connectivity index (χ0n) is 28.6. The summed E-state index contributed by atoms with van der Waals surface area (Å²) in [6.45, 7) is 6.83. The number of carbonyl (C=O) groups excluding carboxylic acids is 1. The average Bonchev–Trinajstić information content (AvgIpc) is 3.11. The number of allylic oxidation sites excluding steroid dienone is 2. The Hall–Kier alpha value is -2.29. The van der Waals surface area contributed by atoms with Gasteiger partial charge in [-0.15, -0.1) is 34.9 Å². The van der Waals surface area contributed by atoms with Crippen LogP contribution in [0.1, 0.15) is 140 Å². The van der Waals surface area contributed by atoms with Gasteiger partial charge in [0.1, 0.15) is 0 Å². The number of pyridine rings is 1. The molecule has 1 N–H and O–H groups in total. The van der Waals surface area contributed by atoms with Gasteiger partial charge < -0.3 is 5.11 Å². The van der Waals surface area contributed by atoms with Crippen molar-refractivity contribution >= 4 is 16.7 Å². The van der Waals surface area contributed by atoms with E-state index in [0.717, 1.165) is 61.2 Å². The first kappa shape index (κ1) is 36.5. The molecule has 0 spiro atoms. The molecule has 3 saturated carbocycles. The molecule has 4 heteroatoms. The van der Waals surface area contributed by atoms with Crippen LogP contribution >= 0.6 is 0 Å². The molecule has 3 aliphatic rings. The Bertz CT molecular complexity index is 1400. The first-order valence-corrected chi connectivity index (χ1v) is 18.4. The van der Waals surface area contributed by atoms with Crippen LogP contribution in [-0.2, 0) is 37.7 Å². The maximum absolute atomic E-state index is 12.0. The van der Waals surface area contributed by atoms with Gasteiger partial charge in [0.15, 0.2) is 5.78 Å². The fourth-order valence-corrected chi connectivity index (χ4v) is 8.01. The van der Waals surface area contributed by atoms with Crippen molar-refractivity contribution in [1.82, 2.24) is 4.98 Å². The van der Waals surface area contributed by atoms with E-state index in [0.29, 0.717) is 11.7 Å². The number of hydrogen-bond donors (Lipinski definition) is 1. The van der Waals surface area contributed by atoms with Crippen molar-refractivity contribution in [2.45, 2.75) is 136 Å². The van der Waals surface area contributed by atoms with Crippen molar-refractivity contribution in [3.63, 3.8) is 0 Å². The zero-order valence-corrected chi connectivity index (χ0v) is 31.0. The number of aryl methyl sites for hydroxylation is 2. The molecule has 6 rings (SSSR count). The molecule has 3 aliphatic carbocycles. The molecule has 3 aromatic rings. The van der Waals surface area contributed by atoms with Crippen LogP contribution in [0.2, 0.25) is 0 Å². The SMILES string of the molecule is CCc1[c-]c(-c2ccc3c(C(C)C4CCCCC4)cccc3n2)cc(CC)c1.O=C(/C=C(\O)C1CCCCC1)C1CCCCC1.[Ir]. The number of nitrogens with zero attached hydrogens (tertiary/aromatic N) is 1. The van der Waals surface area contributed by atoms with E-state index in [1.165, 1.54) is 92.7 Å². The van der Waals surface area contributed by atoms with Crippen molar-refractivity contribution < 1.29 is 30.0 Å². The second-order valence-electron chi connectivity index (χ2n) is 14.1. The molecule has 251 valence electrons. The predicted octanol–water partition coefficient (Wildman–Crippen LogP) is 11.7. The Morgan fingerprint density at radius 3 is 2.11 bits per heavy atom. The molecular formula is C42H56IrNO2-. The minimum atomic E-state index is 0. The quantitative estimate of drug-likeness (QED) is 0.140. The smallest absolute Gasteiger partial charge is 0.162 e. The van der Waals surface area contributed by atoms with Gasteiger partial charge in [-0.05, 0) is 80.5 Å². The van der Waals surface area contributed by atoms with Gasteiger partial charge in [0.2, 0.25) is 0 Å². The van der Waals surface area contributed by atoms with E-state index in [-0.39, 0.29) is 37.7 Å². The molecule has 3 fully saturated rings. The first-order chi connectivity index (χ1) is 22.0. The number of ketones is 1. The minimum absolute atomic E-state index is 0. The summed E-state index contributed by atoms with van der Waals surface area (Å²) in [4.78, 5) is 17.1. The molecule has 0 bridgehead atoms. The van der Waals surface area contributed by atoms with E-state index >= 15 is 0 Å². The normalized spacial score (nSPS) is 19.2. The van der Waals surface area contributed by atoms with Gasteiger partial charge in [0.25, 0.3) is 0 Å².